The van der Waals surface area contributed by atoms with Gasteiger partial charge >= 0.3 is 0 Å². The van der Waals surface area contributed by atoms with E-state index in [1.165, 1.54) is 50.1 Å². The summed E-state index contributed by atoms with van der Waals surface area (Å²) in [7, 11) is 0. The van der Waals surface area contributed by atoms with Crippen molar-refractivity contribution >= 4 is 21.8 Å². The lowest BCUT2D eigenvalue weighted by molar-refractivity contribution is 0.716. The van der Waals surface area contributed by atoms with Gasteiger partial charge in [0.15, 0.2) is 11.6 Å². The molecule has 2 aliphatic rings. The first kappa shape index (κ1) is 42.9. The second-order valence-electron chi connectivity index (χ2n) is 20.1. The number of fused-ring (bicyclic) bond motifs is 18. The Morgan fingerprint density at radius 3 is 1.24 bits per heavy atom. The molecule has 2 aromatic heterocycles. The minimum absolute atomic E-state index is 0.522. The van der Waals surface area contributed by atoms with Gasteiger partial charge in [-0.3, -0.25) is 4.57 Å². The first-order valence-corrected chi connectivity index (χ1v) is 25.7. The van der Waals surface area contributed by atoms with Gasteiger partial charge in [0.1, 0.15) is 0 Å². The molecule has 4 nitrogen and oxygen atoms in total. The fourth-order valence-electron chi connectivity index (χ4n) is 12.2. The Bertz CT molecular complexity index is 4360. The number of aromatic nitrogens is 4. The second kappa shape index (κ2) is 16.9. The maximum atomic E-state index is 5.54. The van der Waals surface area contributed by atoms with Gasteiger partial charge in [-0.2, -0.15) is 9.97 Å². The molecule has 13 aromatic rings. The number of hydrogen-bond donors (Lipinski definition) is 0. The summed E-state index contributed by atoms with van der Waals surface area (Å²) >= 11 is 0. The maximum Gasteiger partial charge on any atom is 0.238 e. The Morgan fingerprint density at radius 2 is 0.680 bits per heavy atom. The molecule has 3 heterocycles. The summed E-state index contributed by atoms with van der Waals surface area (Å²) in [6, 6.07) is 95.0. The predicted molar refractivity (Wildman–Crippen MR) is 309 cm³/mol. The van der Waals surface area contributed by atoms with Crippen LogP contribution in [0.25, 0.3) is 128 Å². The van der Waals surface area contributed by atoms with Crippen molar-refractivity contribution < 1.29 is 0 Å². The van der Waals surface area contributed by atoms with Crippen molar-refractivity contribution in [2.24, 2.45) is 0 Å². The SMILES string of the molecule is CC12c3ccccc3-c3cc(-c4ccccc4)cc(c3)-c3cccc(c3)-c3nc(-c4cccc(-c5cc(-c6ccccc6)cc(-c6ccccc6)c5)c4)nc(n3)-n3c4ccccc4c4cc(c1cc43)-c1ccccc12. The van der Waals surface area contributed by atoms with E-state index in [0.29, 0.717) is 17.6 Å². The molecule has 0 radical (unpaired) electrons. The molecular formula is C71H46N4. The van der Waals surface area contributed by atoms with Gasteiger partial charge in [0.2, 0.25) is 5.95 Å². The first-order valence-electron chi connectivity index (χ1n) is 25.7. The third kappa shape index (κ3) is 6.95. The number of rotatable bonds is 5. The van der Waals surface area contributed by atoms with Crippen molar-refractivity contribution in [2.45, 2.75) is 12.3 Å². The molecule has 0 N–H and O–H groups in total. The standard InChI is InChI=1S/C71H46N4/c1-71-63-32-14-11-29-58(63)57-41-54(47-23-9-4-10-24-47)40-56(42-57)49-26-18-28-51(36-49)69-72-68(50-27-17-25-48(35-50)55-38-52(45-19-5-2-6-20-45)37-53(39-55)46-21-7-3-8-22-46)73-70(74-69)75-66-34-16-13-31-60(66)62-43-61(65(71)44-67(62)75)59-30-12-15-33-64(59)71/h2-44H,1H3. The van der Waals surface area contributed by atoms with Crippen molar-refractivity contribution in [3.8, 4) is 107 Å². The van der Waals surface area contributed by atoms with Gasteiger partial charge in [-0.1, -0.05) is 194 Å². The Kier molecular flexibility index (Phi) is 9.67. The van der Waals surface area contributed by atoms with Gasteiger partial charge in [-0.05, 0) is 168 Å². The van der Waals surface area contributed by atoms with Gasteiger partial charge in [-0.25, -0.2) is 4.98 Å². The molecule has 8 bridgehead atoms. The summed E-state index contributed by atoms with van der Waals surface area (Å²) in [5, 5.41) is 2.29. The summed E-state index contributed by atoms with van der Waals surface area (Å²) in [5.74, 6) is 1.76. The normalized spacial score (nSPS) is 14.0. The number of para-hydroxylation sites is 1. The fourth-order valence-corrected chi connectivity index (χ4v) is 12.2. The highest BCUT2D eigenvalue weighted by Gasteiger charge is 2.43. The van der Waals surface area contributed by atoms with Gasteiger partial charge < -0.3 is 0 Å². The molecular weight excluding hydrogens is 909 g/mol. The van der Waals surface area contributed by atoms with Gasteiger partial charge in [0.05, 0.1) is 11.0 Å². The predicted octanol–water partition coefficient (Wildman–Crippen LogP) is 18.0. The van der Waals surface area contributed by atoms with Crippen molar-refractivity contribution in [3.63, 3.8) is 0 Å². The van der Waals surface area contributed by atoms with Crippen molar-refractivity contribution in [1.82, 2.24) is 19.5 Å². The molecule has 11 aromatic carbocycles. The summed E-state index contributed by atoms with van der Waals surface area (Å²) in [6.07, 6.45) is 0. The van der Waals surface area contributed by atoms with Crippen LogP contribution in [0.2, 0.25) is 0 Å². The quantitative estimate of drug-likeness (QED) is 0.173. The van der Waals surface area contributed by atoms with Crippen molar-refractivity contribution in [1.29, 1.82) is 0 Å². The summed E-state index contributed by atoms with van der Waals surface area (Å²) in [5.41, 5.74) is 23.4. The Balaban J connectivity index is 1.01. The smallest absolute Gasteiger partial charge is 0.238 e. The average molecular weight is 955 g/mol. The van der Waals surface area contributed by atoms with Crippen LogP contribution in [0.5, 0.6) is 0 Å². The van der Waals surface area contributed by atoms with Crippen LogP contribution in [0.15, 0.2) is 261 Å². The highest BCUT2D eigenvalue weighted by molar-refractivity contribution is 6.12. The molecule has 1 unspecified atom stereocenters. The molecule has 1 aliphatic heterocycles. The van der Waals surface area contributed by atoms with Crippen LogP contribution in [-0.2, 0) is 5.41 Å². The number of hydrogen-bond acceptors (Lipinski definition) is 3. The van der Waals surface area contributed by atoms with Gasteiger partial charge in [-0.15, -0.1) is 0 Å². The molecule has 0 amide bonds. The molecule has 0 saturated heterocycles. The van der Waals surface area contributed by atoms with Gasteiger partial charge in [0.25, 0.3) is 0 Å². The van der Waals surface area contributed by atoms with E-state index in [1.54, 1.807) is 0 Å². The molecule has 15 rings (SSSR count). The van der Waals surface area contributed by atoms with Gasteiger partial charge in [0, 0.05) is 27.3 Å². The van der Waals surface area contributed by atoms with E-state index in [-0.39, 0.29) is 0 Å². The zero-order valence-corrected chi connectivity index (χ0v) is 41.1. The van der Waals surface area contributed by atoms with E-state index in [4.69, 9.17) is 15.0 Å². The molecule has 4 heteroatoms. The summed E-state index contributed by atoms with van der Waals surface area (Å²) < 4.78 is 2.28. The molecule has 1 atom stereocenters. The molecule has 1 aliphatic carbocycles. The van der Waals surface area contributed by atoms with E-state index >= 15 is 0 Å². The number of benzene rings is 11. The minimum Gasteiger partial charge on any atom is -0.278 e. The third-order valence-corrected chi connectivity index (χ3v) is 15.8. The fraction of sp³-hybridized carbons (Fsp3) is 0.0282. The van der Waals surface area contributed by atoms with E-state index in [2.05, 4.69) is 272 Å². The lowest BCUT2D eigenvalue weighted by Gasteiger charge is -2.31. The van der Waals surface area contributed by atoms with Crippen LogP contribution < -0.4 is 0 Å². The summed E-state index contributed by atoms with van der Waals surface area (Å²) in [6.45, 7) is 2.42. The second-order valence-corrected chi connectivity index (χ2v) is 20.1. The van der Waals surface area contributed by atoms with Crippen molar-refractivity contribution in [2.75, 3.05) is 0 Å². The van der Waals surface area contributed by atoms with Crippen LogP contribution in [0, 0.1) is 0 Å². The molecule has 0 spiro atoms. The highest BCUT2D eigenvalue weighted by Crippen LogP contribution is 2.56. The maximum absolute atomic E-state index is 5.54. The molecule has 0 saturated carbocycles. The van der Waals surface area contributed by atoms with Crippen LogP contribution in [0.4, 0.5) is 0 Å². The van der Waals surface area contributed by atoms with E-state index in [0.717, 1.165) is 77.4 Å². The lowest BCUT2D eigenvalue weighted by atomic mass is 9.71. The Morgan fingerprint density at radius 1 is 0.267 bits per heavy atom. The molecule has 350 valence electrons. The lowest BCUT2D eigenvalue weighted by Crippen LogP contribution is -2.23. The van der Waals surface area contributed by atoms with E-state index in [1.807, 2.05) is 0 Å². The third-order valence-electron chi connectivity index (χ3n) is 15.8. The first-order chi connectivity index (χ1) is 37.0. The van der Waals surface area contributed by atoms with Crippen LogP contribution in [0.1, 0.15) is 23.6 Å². The van der Waals surface area contributed by atoms with Crippen LogP contribution >= 0.6 is 0 Å². The zero-order valence-electron chi connectivity index (χ0n) is 41.1. The van der Waals surface area contributed by atoms with Crippen LogP contribution in [0.3, 0.4) is 0 Å². The van der Waals surface area contributed by atoms with Crippen molar-refractivity contribution in [3.05, 3.63) is 278 Å². The summed E-state index contributed by atoms with van der Waals surface area (Å²) in [4.78, 5) is 16.5. The largest absolute Gasteiger partial charge is 0.278 e. The average Bonchev–Trinajstić information content (AvgIpc) is 3.97. The molecule has 75 heavy (non-hydrogen) atoms. The Labute approximate surface area is 435 Å². The number of nitrogens with zero attached hydrogens (tertiary/aromatic N) is 4. The minimum atomic E-state index is -0.522. The van der Waals surface area contributed by atoms with E-state index < -0.39 is 5.41 Å². The topological polar surface area (TPSA) is 43.6 Å². The van der Waals surface area contributed by atoms with E-state index in [9.17, 15) is 0 Å². The molecule has 0 fully saturated rings. The zero-order chi connectivity index (χ0) is 49.6. The Hall–Kier alpha value is -9.77. The van der Waals surface area contributed by atoms with Crippen LogP contribution in [-0.4, -0.2) is 19.5 Å². The monoisotopic (exact) mass is 954 g/mol. The highest BCUT2D eigenvalue weighted by atomic mass is 15.2.